The van der Waals surface area contributed by atoms with Gasteiger partial charge in [-0.25, -0.2) is 0 Å². The lowest BCUT2D eigenvalue weighted by molar-refractivity contribution is -0.122. The van der Waals surface area contributed by atoms with Gasteiger partial charge in [0.1, 0.15) is 0 Å². The number of fused-ring (bicyclic) bond motifs is 1. The van der Waals surface area contributed by atoms with Crippen molar-refractivity contribution < 1.29 is 4.79 Å². The molecule has 1 N–H and O–H groups in total. The van der Waals surface area contributed by atoms with Crippen LogP contribution in [0.5, 0.6) is 0 Å². The Morgan fingerprint density at radius 2 is 1.93 bits per heavy atom. The molecule has 6 heteroatoms. The summed E-state index contributed by atoms with van der Waals surface area (Å²) in [6.45, 7) is 4.36. The molecule has 4 rings (SSSR count). The van der Waals surface area contributed by atoms with Gasteiger partial charge in [0.25, 0.3) is 0 Å². The first-order valence-corrected chi connectivity index (χ1v) is 10.3. The van der Waals surface area contributed by atoms with Crippen molar-refractivity contribution in [3.63, 3.8) is 0 Å². The van der Waals surface area contributed by atoms with Gasteiger partial charge >= 0.3 is 0 Å². The molecule has 1 fully saturated rings. The number of nitrogens with zero attached hydrogens (tertiary/aromatic N) is 4. The van der Waals surface area contributed by atoms with Crippen LogP contribution in [0.2, 0.25) is 0 Å². The first kappa shape index (κ1) is 19.1. The predicted molar refractivity (Wildman–Crippen MR) is 109 cm³/mol. The van der Waals surface area contributed by atoms with Gasteiger partial charge in [0, 0.05) is 57.9 Å². The second-order valence-electron chi connectivity index (χ2n) is 8.23. The Labute approximate surface area is 167 Å². The molecule has 0 spiro atoms. The third-order valence-electron chi connectivity index (χ3n) is 6.31. The number of benzene rings is 1. The van der Waals surface area contributed by atoms with E-state index in [-0.39, 0.29) is 17.6 Å². The Morgan fingerprint density at radius 1 is 1.21 bits per heavy atom. The number of hydrogen-bond donors (Lipinski definition) is 1. The molecule has 2 aliphatic heterocycles. The van der Waals surface area contributed by atoms with Crippen molar-refractivity contribution in [3.8, 4) is 12.3 Å². The maximum atomic E-state index is 12.6. The molecule has 1 saturated heterocycles. The van der Waals surface area contributed by atoms with Gasteiger partial charge in [0.2, 0.25) is 5.91 Å². The molecule has 0 saturated carbocycles. The van der Waals surface area contributed by atoms with Crippen LogP contribution in [-0.4, -0.2) is 54.6 Å². The van der Waals surface area contributed by atoms with Gasteiger partial charge < -0.3 is 10.2 Å². The average Bonchev–Trinajstić information content (AvgIpc) is 3.40. The van der Waals surface area contributed by atoms with E-state index >= 15 is 0 Å². The van der Waals surface area contributed by atoms with Crippen LogP contribution >= 0.6 is 0 Å². The van der Waals surface area contributed by atoms with Gasteiger partial charge in [-0.3, -0.25) is 9.69 Å². The van der Waals surface area contributed by atoms with Crippen molar-refractivity contribution in [1.82, 2.24) is 15.1 Å². The lowest BCUT2D eigenvalue weighted by atomic mass is 10.0. The third kappa shape index (κ3) is 4.11. The van der Waals surface area contributed by atoms with Crippen LogP contribution in [0.4, 0.5) is 0 Å². The largest absolute Gasteiger partial charge is 0.349 e. The molecule has 1 aromatic carbocycles. The zero-order valence-corrected chi connectivity index (χ0v) is 16.6. The highest BCUT2D eigenvalue weighted by Crippen LogP contribution is 2.43. The van der Waals surface area contributed by atoms with Gasteiger partial charge in [-0.2, -0.15) is 10.2 Å². The van der Waals surface area contributed by atoms with Crippen LogP contribution in [0.1, 0.15) is 55.3 Å². The number of amides is 1. The van der Waals surface area contributed by atoms with Crippen LogP contribution in [0.25, 0.3) is 0 Å². The van der Waals surface area contributed by atoms with Crippen LogP contribution in [0.15, 0.2) is 34.5 Å². The summed E-state index contributed by atoms with van der Waals surface area (Å²) < 4.78 is 0. The Kier molecular flexibility index (Phi) is 5.47. The third-order valence-corrected chi connectivity index (χ3v) is 6.31. The molecule has 0 radical (unpaired) electrons. The SMILES string of the molecule is C#CCCC1(CCC(=O)N[C@@H]2C[C@@H](N3CCN(C)CC3)c3ccccc32)N=N1. The lowest BCUT2D eigenvalue weighted by Gasteiger charge is -2.36. The summed E-state index contributed by atoms with van der Waals surface area (Å²) in [5, 5.41) is 11.5. The molecule has 1 aliphatic carbocycles. The van der Waals surface area contributed by atoms with Crippen molar-refractivity contribution in [1.29, 1.82) is 0 Å². The fourth-order valence-corrected chi connectivity index (χ4v) is 4.47. The molecule has 1 aromatic rings. The average molecular weight is 380 g/mol. The van der Waals surface area contributed by atoms with E-state index in [0.29, 0.717) is 25.3 Å². The van der Waals surface area contributed by atoms with Gasteiger partial charge in [-0.05, 0) is 24.6 Å². The number of likely N-dealkylation sites (N-methyl/N-ethyl adjacent to an activating group) is 1. The predicted octanol–water partition coefficient (Wildman–Crippen LogP) is 2.89. The summed E-state index contributed by atoms with van der Waals surface area (Å²) in [4.78, 5) is 17.6. The summed E-state index contributed by atoms with van der Waals surface area (Å²) in [6, 6.07) is 9.05. The maximum absolute atomic E-state index is 12.6. The Balaban J connectivity index is 1.36. The number of hydrogen-bond acceptors (Lipinski definition) is 5. The van der Waals surface area contributed by atoms with Crippen molar-refractivity contribution in [2.24, 2.45) is 10.2 Å². The van der Waals surface area contributed by atoms with Crippen LogP contribution in [0.3, 0.4) is 0 Å². The molecule has 148 valence electrons. The van der Waals surface area contributed by atoms with Crippen molar-refractivity contribution in [2.45, 2.75) is 49.9 Å². The smallest absolute Gasteiger partial charge is 0.220 e. The van der Waals surface area contributed by atoms with Gasteiger partial charge in [0.15, 0.2) is 5.66 Å². The number of carbonyl (C=O) groups is 1. The van der Waals surface area contributed by atoms with Crippen molar-refractivity contribution >= 4 is 5.91 Å². The molecule has 0 unspecified atom stereocenters. The fourth-order valence-electron chi connectivity index (χ4n) is 4.47. The molecule has 0 aromatic heterocycles. The highest BCUT2D eigenvalue weighted by atomic mass is 16.1. The van der Waals surface area contributed by atoms with E-state index in [1.165, 1.54) is 11.1 Å². The number of nitrogens with one attached hydrogen (secondary N) is 1. The number of terminal acetylenes is 1. The minimum atomic E-state index is -0.389. The van der Waals surface area contributed by atoms with E-state index in [4.69, 9.17) is 6.42 Å². The van der Waals surface area contributed by atoms with E-state index in [1.807, 2.05) is 0 Å². The zero-order valence-electron chi connectivity index (χ0n) is 16.6. The Hall–Kier alpha value is -2.23. The summed E-state index contributed by atoms with van der Waals surface area (Å²) in [5.41, 5.74) is 2.25. The molecule has 3 aliphatic rings. The van der Waals surface area contributed by atoms with Crippen LogP contribution < -0.4 is 5.32 Å². The number of rotatable bonds is 7. The van der Waals surface area contributed by atoms with E-state index < -0.39 is 0 Å². The monoisotopic (exact) mass is 379 g/mol. The van der Waals surface area contributed by atoms with Crippen molar-refractivity contribution in [3.05, 3.63) is 35.4 Å². The van der Waals surface area contributed by atoms with E-state index in [9.17, 15) is 4.79 Å². The molecule has 0 bridgehead atoms. The molecule has 2 atom stereocenters. The van der Waals surface area contributed by atoms with Crippen molar-refractivity contribution in [2.75, 3.05) is 33.2 Å². The highest BCUT2D eigenvalue weighted by molar-refractivity contribution is 5.76. The lowest BCUT2D eigenvalue weighted by Crippen LogP contribution is -2.45. The highest BCUT2D eigenvalue weighted by Gasteiger charge is 2.40. The van der Waals surface area contributed by atoms with E-state index in [1.54, 1.807) is 0 Å². The summed E-state index contributed by atoms with van der Waals surface area (Å²) in [5.74, 6) is 2.71. The Morgan fingerprint density at radius 3 is 2.61 bits per heavy atom. The molecule has 2 heterocycles. The summed E-state index contributed by atoms with van der Waals surface area (Å²) in [6.07, 6.45) is 8.77. The van der Waals surface area contributed by atoms with Crippen LogP contribution in [-0.2, 0) is 4.79 Å². The van der Waals surface area contributed by atoms with E-state index in [0.717, 1.165) is 39.0 Å². The normalized spacial score (nSPS) is 25.9. The molecule has 28 heavy (non-hydrogen) atoms. The molecular weight excluding hydrogens is 350 g/mol. The Bertz CT molecular complexity index is 784. The van der Waals surface area contributed by atoms with Crippen LogP contribution in [0, 0.1) is 12.3 Å². The van der Waals surface area contributed by atoms with Gasteiger partial charge in [-0.15, -0.1) is 12.3 Å². The summed E-state index contributed by atoms with van der Waals surface area (Å²) in [7, 11) is 2.18. The van der Waals surface area contributed by atoms with E-state index in [2.05, 4.69) is 62.6 Å². The fraction of sp³-hybridized carbons (Fsp3) is 0.591. The molecule has 1 amide bonds. The maximum Gasteiger partial charge on any atom is 0.220 e. The van der Waals surface area contributed by atoms with Gasteiger partial charge in [-0.1, -0.05) is 24.3 Å². The first-order valence-electron chi connectivity index (χ1n) is 10.3. The second kappa shape index (κ2) is 8.02. The first-order chi connectivity index (χ1) is 13.6. The van der Waals surface area contributed by atoms with Gasteiger partial charge in [0.05, 0.1) is 6.04 Å². The quantitative estimate of drug-likeness (QED) is 0.741. The summed E-state index contributed by atoms with van der Waals surface area (Å²) >= 11 is 0. The zero-order chi connectivity index (χ0) is 19.6. The topological polar surface area (TPSA) is 60.3 Å². The number of piperazine rings is 1. The minimum Gasteiger partial charge on any atom is -0.349 e. The standard InChI is InChI=1S/C22H29N5O/c1-3-4-10-22(24-25-22)11-9-21(28)23-19-16-20(18-8-6-5-7-17(18)19)27-14-12-26(2)13-15-27/h1,5-8,19-20H,4,9-16H2,2H3,(H,23,28)/t19-,20-/m1/s1. The minimum absolute atomic E-state index is 0.0798. The second-order valence-corrected chi connectivity index (χ2v) is 8.23. The number of carbonyl (C=O) groups excluding carboxylic acids is 1. The molecular formula is C22H29N5O. The molecule has 6 nitrogen and oxygen atoms in total.